The van der Waals surface area contributed by atoms with Crippen molar-refractivity contribution in [3.05, 3.63) is 59.2 Å². The number of carbonyl (C=O) groups excluding carboxylic acids is 2. The molecule has 0 radical (unpaired) electrons. The normalized spacial score (nSPS) is 12.8. The van der Waals surface area contributed by atoms with E-state index in [-0.39, 0.29) is 17.9 Å². The minimum atomic E-state index is -0.647. The molecular formula is C23H30N2O3. The van der Waals surface area contributed by atoms with E-state index in [2.05, 4.69) is 10.6 Å². The molecule has 5 heteroatoms. The van der Waals surface area contributed by atoms with Crippen LogP contribution in [0.15, 0.2) is 42.5 Å². The van der Waals surface area contributed by atoms with Crippen molar-refractivity contribution < 1.29 is 14.3 Å². The number of hydrogen-bond donors (Lipinski definition) is 2. The Hall–Kier alpha value is -2.82. The van der Waals surface area contributed by atoms with E-state index >= 15 is 0 Å². The van der Waals surface area contributed by atoms with Crippen molar-refractivity contribution in [1.29, 1.82) is 0 Å². The molecule has 2 rings (SSSR count). The maximum absolute atomic E-state index is 12.8. The van der Waals surface area contributed by atoms with Gasteiger partial charge in [-0.2, -0.15) is 0 Å². The third-order valence-electron chi connectivity index (χ3n) is 4.91. The van der Waals surface area contributed by atoms with Crippen molar-refractivity contribution in [2.24, 2.45) is 0 Å². The van der Waals surface area contributed by atoms with Crippen LogP contribution in [-0.2, 0) is 4.79 Å². The molecule has 2 amide bonds. The van der Waals surface area contributed by atoms with Gasteiger partial charge in [0.25, 0.3) is 11.8 Å². The first kappa shape index (κ1) is 21.5. The van der Waals surface area contributed by atoms with Crippen molar-refractivity contribution in [1.82, 2.24) is 5.32 Å². The third kappa shape index (κ3) is 5.35. The van der Waals surface area contributed by atoms with Gasteiger partial charge in [0.1, 0.15) is 5.75 Å². The molecule has 0 spiro atoms. The molecule has 0 saturated heterocycles. The monoisotopic (exact) mass is 382 g/mol. The van der Waals surface area contributed by atoms with Crippen molar-refractivity contribution in [2.75, 3.05) is 5.32 Å². The van der Waals surface area contributed by atoms with Gasteiger partial charge in [0, 0.05) is 6.04 Å². The summed E-state index contributed by atoms with van der Waals surface area (Å²) >= 11 is 0. The van der Waals surface area contributed by atoms with Gasteiger partial charge in [-0.1, -0.05) is 38.1 Å². The Morgan fingerprint density at radius 2 is 1.71 bits per heavy atom. The Morgan fingerprint density at radius 3 is 2.39 bits per heavy atom. The van der Waals surface area contributed by atoms with Crippen LogP contribution in [0.1, 0.15) is 55.1 Å². The lowest BCUT2D eigenvalue weighted by molar-refractivity contribution is -0.122. The smallest absolute Gasteiger partial charge is 0.265 e. The highest BCUT2D eigenvalue weighted by atomic mass is 16.5. The fraction of sp³-hybridized carbons (Fsp3) is 0.391. The lowest BCUT2D eigenvalue weighted by Crippen LogP contribution is -2.35. The lowest BCUT2D eigenvalue weighted by atomic mass is 10.1. The molecule has 0 bridgehead atoms. The van der Waals surface area contributed by atoms with E-state index in [1.165, 1.54) is 0 Å². The molecular weight excluding hydrogens is 352 g/mol. The lowest BCUT2D eigenvalue weighted by Gasteiger charge is -2.20. The van der Waals surface area contributed by atoms with E-state index in [1.807, 2.05) is 52.8 Å². The van der Waals surface area contributed by atoms with E-state index in [4.69, 9.17) is 4.74 Å². The number of carbonyl (C=O) groups is 2. The van der Waals surface area contributed by atoms with Crippen LogP contribution in [0.2, 0.25) is 0 Å². The molecule has 2 N–H and O–H groups in total. The number of anilines is 1. The third-order valence-corrected chi connectivity index (χ3v) is 4.91. The molecule has 0 heterocycles. The molecule has 0 aliphatic heterocycles. The van der Waals surface area contributed by atoms with Crippen LogP contribution in [0.5, 0.6) is 5.75 Å². The van der Waals surface area contributed by atoms with Gasteiger partial charge in [-0.05, 0) is 62.9 Å². The summed E-state index contributed by atoms with van der Waals surface area (Å²) in [6, 6.07) is 12.9. The van der Waals surface area contributed by atoms with Crippen LogP contribution < -0.4 is 15.4 Å². The van der Waals surface area contributed by atoms with E-state index in [0.29, 0.717) is 23.4 Å². The second kappa shape index (κ2) is 9.93. The summed E-state index contributed by atoms with van der Waals surface area (Å²) in [4.78, 5) is 25.4. The van der Waals surface area contributed by atoms with Crippen molar-refractivity contribution >= 4 is 17.5 Å². The second-order valence-electron chi connectivity index (χ2n) is 7.03. The molecule has 2 aromatic rings. The number of ether oxygens (including phenoxy) is 1. The first-order chi connectivity index (χ1) is 13.4. The van der Waals surface area contributed by atoms with Gasteiger partial charge in [0.15, 0.2) is 6.10 Å². The molecule has 2 atom stereocenters. The average molecular weight is 383 g/mol. The molecule has 0 saturated carbocycles. The predicted octanol–water partition coefficient (Wildman–Crippen LogP) is 4.63. The zero-order chi connectivity index (χ0) is 20.7. The highest BCUT2D eigenvalue weighted by molar-refractivity contribution is 6.04. The molecule has 5 nitrogen and oxygen atoms in total. The molecule has 0 aliphatic carbocycles. The largest absolute Gasteiger partial charge is 0.480 e. The fourth-order valence-corrected chi connectivity index (χ4v) is 2.73. The summed E-state index contributed by atoms with van der Waals surface area (Å²) < 4.78 is 5.98. The predicted molar refractivity (Wildman–Crippen MR) is 113 cm³/mol. The summed E-state index contributed by atoms with van der Waals surface area (Å²) in [6.07, 6.45) is 0.702. The van der Waals surface area contributed by atoms with Gasteiger partial charge >= 0.3 is 0 Å². The standard InChI is InChI=1S/C23H30N2O3/c1-6-16(4)24-22(26)18-12-8-9-13-19(18)25-23(27)20(7-2)28-21-14-10-11-15(3)17(21)5/h8-14,16,20H,6-7H2,1-5H3,(H,24,26)(H,25,27)/t16-,20-/m0/s1. The minimum Gasteiger partial charge on any atom is -0.480 e. The van der Waals surface area contributed by atoms with Crippen molar-refractivity contribution in [2.45, 2.75) is 59.6 Å². The van der Waals surface area contributed by atoms with E-state index in [9.17, 15) is 9.59 Å². The molecule has 0 unspecified atom stereocenters. The quantitative estimate of drug-likeness (QED) is 0.699. The highest BCUT2D eigenvalue weighted by Gasteiger charge is 2.22. The Balaban J connectivity index is 2.16. The number of hydrogen-bond acceptors (Lipinski definition) is 3. The van der Waals surface area contributed by atoms with Gasteiger partial charge in [-0.3, -0.25) is 9.59 Å². The van der Waals surface area contributed by atoms with Gasteiger partial charge in [0.05, 0.1) is 11.3 Å². The van der Waals surface area contributed by atoms with Crippen LogP contribution in [0.4, 0.5) is 5.69 Å². The van der Waals surface area contributed by atoms with Crippen molar-refractivity contribution in [3.63, 3.8) is 0 Å². The van der Waals surface area contributed by atoms with E-state index < -0.39 is 6.10 Å². The zero-order valence-corrected chi connectivity index (χ0v) is 17.3. The van der Waals surface area contributed by atoms with Crippen molar-refractivity contribution in [3.8, 4) is 5.75 Å². The summed E-state index contributed by atoms with van der Waals surface area (Å²) in [6.45, 7) is 9.84. The first-order valence-corrected chi connectivity index (χ1v) is 9.80. The average Bonchev–Trinajstić information content (AvgIpc) is 2.69. The van der Waals surface area contributed by atoms with Gasteiger partial charge in [-0.15, -0.1) is 0 Å². The molecule has 0 fully saturated rings. The number of amides is 2. The zero-order valence-electron chi connectivity index (χ0n) is 17.3. The SMILES string of the molecule is CC[C@H](Oc1cccc(C)c1C)C(=O)Nc1ccccc1C(=O)N[C@@H](C)CC. The fourth-order valence-electron chi connectivity index (χ4n) is 2.73. The maximum atomic E-state index is 12.8. The summed E-state index contributed by atoms with van der Waals surface area (Å²) in [5.74, 6) is 0.228. The number of para-hydroxylation sites is 1. The van der Waals surface area contributed by atoms with Gasteiger partial charge in [0.2, 0.25) is 0 Å². The summed E-state index contributed by atoms with van der Waals surface area (Å²) in [5.41, 5.74) is 3.05. The van der Waals surface area contributed by atoms with Gasteiger partial charge in [-0.25, -0.2) is 0 Å². The van der Waals surface area contributed by atoms with Crippen LogP contribution in [0.25, 0.3) is 0 Å². The highest BCUT2D eigenvalue weighted by Crippen LogP contribution is 2.23. The van der Waals surface area contributed by atoms with E-state index in [0.717, 1.165) is 17.5 Å². The Bertz CT molecular complexity index is 832. The second-order valence-corrected chi connectivity index (χ2v) is 7.03. The Kier molecular flexibility index (Phi) is 7.61. The number of aryl methyl sites for hydroxylation is 1. The van der Waals surface area contributed by atoms with Crippen LogP contribution in [0, 0.1) is 13.8 Å². The number of rotatable bonds is 8. The molecule has 0 aromatic heterocycles. The Labute approximate surface area is 167 Å². The topological polar surface area (TPSA) is 67.4 Å². The van der Waals surface area contributed by atoms with Crippen LogP contribution in [0.3, 0.4) is 0 Å². The van der Waals surface area contributed by atoms with Crippen LogP contribution in [-0.4, -0.2) is 24.0 Å². The summed E-state index contributed by atoms with van der Waals surface area (Å²) in [7, 11) is 0. The minimum absolute atomic E-state index is 0.0623. The molecule has 2 aromatic carbocycles. The van der Waals surface area contributed by atoms with E-state index in [1.54, 1.807) is 24.3 Å². The maximum Gasteiger partial charge on any atom is 0.265 e. The molecule has 150 valence electrons. The first-order valence-electron chi connectivity index (χ1n) is 9.80. The number of benzene rings is 2. The van der Waals surface area contributed by atoms with Gasteiger partial charge < -0.3 is 15.4 Å². The van der Waals surface area contributed by atoms with Crippen LogP contribution >= 0.6 is 0 Å². The summed E-state index contributed by atoms with van der Waals surface area (Å²) in [5, 5.41) is 5.80. The molecule has 28 heavy (non-hydrogen) atoms. The number of nitrogens with one attached hydrogen (secondary N) is 2. The molecule has 0 aliphatic rings. The Morgan fingerprint density at radius 1 is 1.00 bits per heavy atom.